The van der Waals surface area contributed by atoms with E-state index in [1.807, 2.05) is 36.4 Å². The first-order valence-electron chi connectivity index (χ1n) is 6.75. The smallest absolute Gasteiger partial charge is 0.156 e. The predicted octanol–water partition coefficient (Wildman–Crippen LogP) is 4.12. The van der Waals surface area contributed by atoms with Crippen LogP contribution in [-0.4, -0.2) is 5.78 Å². The molecule has 2 aliphatic rings. The summed E-state index contributed by atoms with van der Waals surface area (Å²) in [5.41, 5.74) is 3.24. The third-order valence-corrected chi connectivity index (χ3v) is 3.47. The number of benzene rings is 1. The number of nitrogens with zero attached hydrogens (tertiary/aromatic N) is 3. The molecular formula is C16H17N3O. The van der Waals surface area contributed by atoms with Gasteiger partial charge in [0, 0.05) is 6.42 Å². The number of carbonyl (C=O) groups is 1. The van der Waals surface area contributed by atoms with Crippen molar-refractivity contribution in [2.24, 2.45) is 15.9 Å². The molecule has 1 aliphatic heterocycles. The van der Waals surface area contributed by atoms with Crippen LogP contribution in [0.3, 0.4) is 0 Å². The van der Waals surface area contributed by atoms with Crippen LogP contribution in [0.15, 0.2) is 52.4 Å². The lowest BCUT2D eigenvalue weighted by atomic mass is 9.77. The van der Waals surface area contributed by atoms with Gasteiger partial charge in [0.1, 0.15) is 0 Å². The van der Waals surface area contributed by atoms with Gasteiger partial charge in [-0.2, -0.15) is 0 Å². The summed E-state index contributed by atoms with van der Waals surface area (Å²) in [5.74, 6) is 0.223. The van der Waals surface area contributed by atoms with Gasteiger partial charge in [-0.3, -0.25) is 4.79 Å². The number of ketones is 1. The van der Waals surface area contributed by atoms with E-state index in [1.165, 1.54) is 0 Å². The number of anilines is 1. The number of rotatable bonds is 3. The van der Waals surface area contributed by atoms with Gasteiger partial charge < -0.3 is 0 Å². The van der Waals surface area contributed by atoms with Gasteiger partial charge in [0.05, 0.1) is 5.69 Å². The molecule has 3 rings (SSSR count). The standard InChI is InChI=1S/C16H17N3O/c1-16(2)10-13(9-15(20)11-16)4-3-12-5-7-14(8-6-12)19-17-18-19/h3-9H,10-11H2,1-2H3/b4-3+. The van der Waals surface area contributed by atoms with Crippen LogP contribution in [-0.2, 0) is 4.79 Å². The predicted molar refractivity (Wildman–Crippen MR) is 78.9 cm³/mol. The molecule has 102 valence electrons. The fourth-order valence-corrected chi connectivity index (χ4v) is 2.55. The molecule has 4 nitrogen and oxygen atoms in total. The van der Waals surface area contributed by atoms with Crippen molar-refractivity contribution >= 4 is 17.5 Å². The molecule has 4 heteroatoms. The fourth-order valence-electron chi connectivity index (χ4n) is 2.55. The molecule has 0 saturated carbocycles. The van der Waals surface area contributed by atoms with Gasteiger partial charge in [-0.1, -0.05) is 38.1 Å². The van der Waals surface area contributed by atoms with E-state index < -0.39 is 0 Å². The topological polar surface area (TPSA) is 44.8 Å². The largest absolute Gasteiger partial charge is 0.295 e. The van der Waals surface area contributed by atoms with Crippen molar-refractivity contribution in [3.63, 3.8) is 0 Å². The molecule has 0 spiro atoms. The van der Waals surface area contributed by atoms with Crippen molar-refractivity contribution < 1.29 is 4.79 Å². The number of carbonyl (C=O) groups excluding carboxylic acids is 1. The summed E-state index contributed by atoms with van der Waals surface area (Å²) >= 11 is 0. The maximum Gasteiger partial charge on any atom is 0.156 e. The molecule has 0 aromatic heterocycles. The molecule has 0 amide bonds. The SMILES string of the molecule is CC1(C)CC(=O)C=C(/C=C/c2ccc(N3N=N3)cc2)C1. The summed E-state index contributed by atoms with van der Waals surface area (Å²) in [7, 11) is 0. The van der Waals surface area contributed by atoms with E-state index in [4.69, 9.17) is 0 Å². The minimum Gasteiger partial charge on any atom is -0.295 e. The van der Waals surface area contributed by atoms with Gasteiger partial charge in [-0.05, 0) is 51.6 Å². The van der Waals surface area contributed by atoms with Gasteiger partial charge in [-0.15, -0.1) is 5.12 Å². The van der Waals surface area contributed by atoms with E-state index >= 15 is 0 Å². The van der Waals surface area contributed by atoms with E-state index in [0.29, 0.717) is 6.42 Å². The highest BCUT2D eigenvalue weighted by atomic mass is 16.1. The van der Waals surface area contributed by atoms with E-state index in [-0.39, 0.29) is 11.2 Å². The molecule has 1 aromatic carbocycles. The van der Waals surface area contributed by atoms with Crippen molar-refractivity contribution in [3.8, 4) is 0 Å². The van der Waals surface area contributed by atoms with Crippen molar-refractivity contribution in [1.29, 1.82) is 0 Å². The zero-order valence-corrected chi connectivity index (χ0v) is 11.7. The van der Waals surface area contributed by atoms with E-state index in [2.05, 4.69) is 24.3 Å². The van der Waals surface area contributed by atoms with Crippen LogP contribution in [0.25, 0.3) is 6.08 Å². The van der Waals surface area contributed by atoms with E-state index in [0.717, 1.165) is 23.2 Å². The highest BCUT2D eigenvalue weighted by Gasteiger charge is 2.26. The quantitative estimate of drug-likeness (QED) is 0.827. The number of hydrogen-bond donors (Lipinski definition) is 0. The third-order valence-electron chi connectivity index (χ3n) is 3.47. The Morgan fingerprint density at radius 1 is 1.10 bits per heavy atom. The first kappa shape index (κ1) is 12.8. The van der Waals surface area contributed by atoms with Crippen LogP contribution < -0.4 is 5.12 Å². The lowest BCUT2D eigenvalue weighted by Crippen LogP contribution is -2.21. The Kier molecular flexibility index (Phi) is 3.01. The number of hydrogen-bond acceptors (Lipinski definition) is 4. The summed E-state index contributed by atoms with van der Waals surface area (Å²) in [5, 5.41) is 9.06. The maximum absolute atomic E-state index is 11.7. The van der Waals surface area contributed by atoms with Gasteiger partial charge in [0.25, 0.3) is 0 Å². The van der Waals surface area contributed by atoms with Gasteiger partial charge in [0.15, 0.2) is 5.78 Å². The van der Waals surface area contributed by atoms with Crippen LogP contribution in [0.5, 0.6) is 0 Å². The molecule has 0 unspecified atom stereocenters. The highest BCUT2D eigenvalue weighted by Crippen LogP contribution is 2.34. The molecule has 0 N–H and O–H groups in total. The minimum absolute atomic E-state index is 0.0671. The van der Waals surface area contributed by atoms with Crippen LogP contribution in [0, 0.1) is 5.41 Å². The van der Waals surface area contributed by atoms with Gasteiger partial charge >= 0.3 is 0 Å². The lowest BCUT2D eigenvalue weighted by Gasteiger charge is -2.27. The van der Waals surface area contributed by atoms with Crippen molar-refractivity contribution in [1.82, 2.24) is 0 Å². The molecule has 0 bridgehead atoms. The molecule has 0 atom stereocenters. The van der Waals surface area contributed by atoms with Crippen LogP contribution >= 0.6 is 0 Å². The second-order valence-electron chi connectivity index (χ2n) is 6.10. The zero-order chi connectivity index (χ0) is 14.2. The Morgan fingerprint density at radius 3 is 2.40 bits per heavy atom. The summed E-state index contributed by atoms with van der Waals surface area (Å²) in [4.78, 5) is 11.7. The van der Waals surface area contributed by atoms with Crippen LogP contribution in [0.2, 0.25) is 0 Å². The Hall–Kier alpha value is -2.23. The van der Waals surface area contributed by atoms with Crippen molar-refractivity contribution in [2.45, 2.75) is 26.7 Å². The zero-order valence-electron chi connectivity index (χ0n) is 11.7. The summed E-state index contributed by atoms with van der Waals surface area (Å²) < 4.78 is 0. The molecule has 1 heterocycles. The Morgan fingerprint density at radius 2 is 1.80 bits per heavy atom. The monoisotopic (exact) mass is 267 g/mol. The van der Waals surface area contributed by atoms with Gasteiger partial charge in [-0.25, -0.2) is 0 Å². The molecular weight excluding hydrogens is 250 g/mol. The second kappa shape index (κ2) is 4.71. The molecule has 0 fully saturated rings. The third kappa shape index (κ3) is 3.02. The molecule has 20 heavy (non-hydrogen) atoms. The normalized spacial score (nSPS) is 20.4. The first-order chi connectivity index (χ1) is 9.52. The highest BCUT2D eigenvalue weighted by molar-refractivity contribution is 5.92. The Bertz CT molecular complexity index is 618. The van der Waals surface area contributed by atoms with Crippen LogP contribution in [0.1, 0.15) is 32.3 Å². The van der Waals surface area contributed by atoms with E-state index in [9.17, 15) is 4.79 Å². The Labute approximate surface area is 118 Å². The minimum atomic E-state index is 0.0671. The van der Waals surface area contributed by atoms with E-state index in [1.54, 1.807) is 11.2 Å². The summed E-state index contributed by atoms with van der Waals surface area (Å²) in [6.07, 6.45) is 7.44. The van der Waals surface area contributed by atoms with Gasteiger partial charge in [0.2, 0.25) is 0 Å². The molecule has 0 saturated heterocycles. The lowest BCUT2D eigenvalue weighted by molar-refractivity contribution is -0.116. The molecule has 0 radical (unpaired) electrons. The van der Waals surface area contributed by atoms with Crippen LogP contribution in [0.4, 0.5) is 5.69 Å². The fraction of sp³-hybridized carbons (Fsp3) is 0.312. The number of allylic oxidation sites excluding steroid dienone is 3. The average Bonchev–Trinajstić information content (AvgIpc) is 3.19. The maximum atomic E-state index is 11.7. The Balaban J connectivity index is 1.71. The first-order valence-corrected chi connectivity index (χ1v) is 6.75. The molecule has 1 aromatic rings. The van der Waals surface area contributed by atoms with Crippen molar-refractivity contribution in [3.05, 3.63) is 47.6 Å². The summed E-state index contributed by atoms with van der Waals surface area (Å²) in [6, 6.07) is 7.99. The molecule has 1 aliphatic carbocycles. The second-order valence-corrected chi connectivity index (χ2v) is 6.10. The van der Waals surface area contributed by atoms with Crippen molar-refractivity contribution in [2.75, 3.05) is 5.12 Å². The summed E-state index contributed by atoms with van der Waals surface area (Å²) in [6.45, 7) is 4.27. The average molecular weight is 267 g/mol.